The molecule has 54 heavy (non-hydrogen) atoms. The van der Waals surface area contributed by atoms with Crippen LogP contribution in [0.2, 0.25) is 0 Å². The molecule has 0 bridgehead atoms. The van der Waals surface area contributed by atoms with Crippen LogP contribution in [-0.4, -0.2) is 83.5 Å². The summed E-state index contributed by atoms with van der Waals surface area (Å²) in [5, 5.41) is 6.29. The maximum atomic E-state index is 12.9. The van der Waals surface area contributed by atoms with E-state index in [2.05, 4.69) is 53.5 Å². The van der Waals surface area contributed by atoms with E-state index in [1.165, 1.54) is 50.5 Å². The molecule has 0 unspecified atom stereocenters. The number of benzene rings is 2. The van der Waals surface area contributed by atoms with Crippen molar-refractivity contribution >= 4 is 33.6 Å². The van der Waals surface area contributed by atoms with Crippen LogP contribution in [0.1, 0.15) is 92.6 Å². The van der Waals surface area contributed by atoms with E-state index >= 15 is 0 Å². The Morgan fingerprint density at radius 3 is 2.20 bits per heavy atom. The Balaban J connectivity index is 0.000000324. The summed E-state index contributed by atoms with van der Waals surface area (Å²) in [5.41, 5.74) is 6.08. The fourth-order valence-electron chi connectivity index (χ4n) is 6.03. The Hall–Kier alpha value is -4.27. The average Bonchev–Trinajstić information content (AvgIpc) is 3.17. The second kappa shape index (κ2) is 22.8. The van der Waals surface area contributed by atoms with Crippen LogP contribution in [0.25, 0.3) is 11.3 Å². The van der Waals surface area contributed by atoms with Crippen molar-refractivity contribution in [2.45, 2.75) is 84.6 Å². The monoisotopic (exact) mass is 759 g/mol. The van der Waals surface area contributed by atoms with E-state index in [4.69, 9.17) is 4.55 Å². The standard InChI is InChI=1S/C29H31N7O.C12H26O4S/c1-21-5-10-25(18-27(21)34-29-31-13-11-26(33-29)24-4-3-12-30-19-24)32-28(37)23-8-6-22(7-9-23)20-36-16-14-35(2)15-17-36;1-2-3-4-5-6-7-8-9-10-11-12-16-17(13,14)15/h3-13,18-19H,14-17,20H2,1-2H3,(H,32,37)(H,31,33,34);2-12H2,1H3,(H,13,14,15). The van der Waals surface area contributed by atoms with Gasteiger partial charge in [0.15, 0.2) is 0 Å². The Morgan fingerprint density at radius 1 is 0.870 bits per heavy atom. The molecule has 3 N–H and O–H groups in total. The summed E-state index contributed by atoms with van der Waals surface area (Å²) in [4.78, 5) is 30.9. The third kappa shape index (κ3) is 16.0. The van der Waals surface area contributed by atoms with Crippen LogP contribution in [0.3, 0.4) is 0 Å². The third-order valence-electron chi connectivity index (χ3n) is 9.30. The number of hydrogen-bond donors (Lipinski definition) is 3. The second-order valence-corrected chi connectivity index (χ2v) is 14.9. The average molecular weight is 760 g/mol. The van der Waals surface area contributed by atoms with Crippen molar-refractivity contribution in [3.8, 4) is 11.3 Å². The Kier molecular flexibility index (Phi) is 18.0. The van der Waals surface area contributed by atoms with Gasteiger partial charge in [0.2, 0.25) is 5.95 Å². The zero-order valence-electron chi connectivity index (χ0n) is 32.0. The minimum absolute atomic E-state index is 0.0926. The molecular weight excluding hydrogens is 703 g/mol. The molecule has 0 aliphatic carbocycles. The van der Waals surface area contributed by atoms with Gasteiger partial charge in [-0.1, -0.05) is 82.9 Å². The topological polar surface area (TPSA) is 150 Å². The van der Waals surface area contributed by atoms with E-state index in [1.54, 1.807) is 18.6 Å². The molecule has 0 saturated carbocycles. The Bertz CT molecular complexity index is 1800. The van der Waals surface area contributed by atoms with Gasteiger partial charge < -0.3 is 15.5 Å². The molecule has 2 aromatic heterocycles. The number of amides is 1. The number of piperazine rings is 1. The van der Waals surface area contributed by atoms with Gasteiger partial charge in [0.1, 0.15) is 0 Å². The first-order valence-electron chi connectivity index (χ1n) is 19.1. The quantitative estimate of drug-likeness (QED) is 0.0626. The minimum atomic E-state index is -4.23. The minimum Gasteiger partial charge on any atom is -0.324 e. The van der Waals surface area contributed by atoms with Gasteiger partial charge in [-0.25, -0.2) is 14.2 Å². The molecule has 13 heteroatoms. The van der Waals surface area contributed by atoms with Crippen LogP contribution in [0.15, 0.2) is 79.3 Å². The number of anilines is 3. The first kappa shape index (κ1) is 42.5. The van der Waals surface area contributed by atoms with Crippen molar-refractivity contribution in [1.29, 1.82) is 0 Å². The summed E-state index contributed by atoms with van der Waals surface area (Å²) < 4.78 is 33.0. The first-order chi connectivity index (χ1) is 26.1. The highest BCUT2D eigenvalue weighted by Gasteiger charge is 2.15. The van der Waals surface area contributed by atoms with Gasteiger partial charge in [0.05, 0.1) is 12.3 Å². The first-order valence-corrected chi connectivity index (χ1v) is 20.5. The van der Waals surface area contributed by atoms with E-state index in [-0.39, 0.29) is 12.5 Å². The third-order valence-corrected chi connectivity index (χ3v) is 9.77. The van der Waals surface area contributed by atoms with Crippen LogP contribution >= 0.6 is 0 Å². The molecule has 0 radical (unpaired) electrons. The molecule has 1 amide bonds. The van der Waals surface area contributed by atoms with Crippen LogP contribution in [0, 0.1) is 6.92 Å². The lowest BCUT2D eigenvalue weighted by Crippen LogP contribution is -2.43. The number of rotatable bonds is 19. The van der Waals surface area contributed by atoms with Gasteiger partial charge in [-0.15, -0.1) is 0 Å². The summed E-state index contributed by atoms with van der Waals surface area (Å²) in [6.45, 7) is 9.54. The number of nitrogens with one attached hydrogen (secondary N) is 2. The Labute approximate surface area is 321 Å². The molecule has 4 aromatic rings. The fourth-order valence-corrected chi connectivity index (χ4v) is 6.36. The summed E-state index contributed by atoms with van der Waals surface area (Å²) in [7, 11) is -2.07. The zero-order chi connectivity index (χ0) is 38.6. The maximum absolute atomic E-state index is 12.9. The zero-order valence-corrected chi connectivity index (χ0v) is 32.9. The van der Waals surface area contributed by atoms with E-state index in [0.717, 1.165) is 68.1 Å². The lowest BCUT2D eigenvalue weighted by Gasteiger charge is -2.32. The summed E-state index contributed by atoms with van der Waals surface area (Å²) in [5.74, 6) is 0.333. The van der Waals surface area contributed by atoms with Gasteiger partial charge in [0, 0.05) is 73.8 Å². The smallest absolute Gasteiger partial charge is 0.324 e. The summed E-state index contributed by atoms with van der Waals surface area (Å²) in [6, 6.07) is 19.3. The van der Waals surface area contributed by atoms with Crippen LogP contribution < -0.4 is 10.6 Å². The highest BCUT2D eigenvalue weighted by Crippen LogP contribution is 2.25. The molecule has 0 atom stereocenters. The van der Waals surface area contributed by atoms with Crippen molar-refractivity contribution in [2.24, 2.45) is 0 Å². The predicted molar refractivity (Wildman–Crippen MR) is 216 cm³/mol. The highest BCUT2D eigenvalue weighted by atomic mass is 32.3. The van der Waals surface area contributed by atoms with Gasteiger partial charge >= 0.3 is 10.4 Å². The predicted octanol–water partition coefficient (Wildman–Crippen LogP) is 8.32. The molecule has 1 saturated heterocycles. The molecule has 3 heterocycles. The van der Waals surface area contributed by atoms with Crippen LogP contribution in [-0.2, 0) is 21.1 Å². The number of likely N-dealkylation sites (N-methyl/N-ethyl adjacent to an activating group) is 1. The molecule has 1 aliphatic rings. The molecule has 1 fully saturated rings. The molecule has 2 aromatic carbocycles. The van der Waals surface area contributed by atoms with Crippen molar-refractivity contribution < 1.29 is 21.9 Å². The van der Waals surface area contributed by atoms with Gasteiger partial charge in [0.25, 0.3) is 5.91 Å². The van der Waals surface area contributed by atoms with Crippen molar-refractivity contribution in [3.63, 3.8) is 0 Å². The van der Waals surface area contributed by atoms with Crippen LogP contribution in [0.4, 0.5) is 17.3 Å². The molecule has 5 rings (SSSR count). The summed E-state index contributed by atoms with van der Waals surface area (Å²) >= 11 is 0. The van der Waals surface area contributed by atoms with E-state index in [1.807, 2.05) is 67.6 Å². The number of nitrogens with zero attached hydrogens (tertiary/aromatic N) is 5. The molecule has 0 spiro atoms. The number of carbonyl (C=O) groups excluding carboxylic acids is 1. The van der Waals surface area contributed by atoms with Gasteiger partial charge in [-0.3, -0.25) is 19.2 Å². The lowest BCUT2D eigenvalue weighted by atomic mass is 10.1. The largest absolute Gasteiger partial charge is 0.397 e. The molecular formula is C41H57N7O5S. The normalized spacial score (nSPS) is 13.6. The van der Waals surface area contributed by atoms with E-state index in [9.17, 15) is 13.2 Å². The number of aryl methyl sites for hydroxylation is 1. The lowest BCUT2D eigenvalue weighted by molar-refractivity contribution is 0.102. The maximum Gasteiger partial charge on any atom is 0.397 e. The van der Waals surface area contributed by atoms with Crippen molar-refractivity contribution in [3.05, 3.63) is 95.9 Å². The van der Waals surface area contributed by atoms with Crippen molar-refractivity contribution in [1.82, 2.24) is 24.8 Å². The number of carbonyl (C=O) groups is 1. The summed E-state index contributed by atoms with van der Waals surface area (Å²) in [6.07, 6.45) is 17.1. The highest BCUT2D eigenvalue weighted by molar-refractivity contribution is 7.80. The number of hydrogen-bond acceptors (Lipinski definition) is 10. The number of unbranched alkanes of at least 4 members (excludes halogenated alkanes) is 9. The molecule has 1 aliphatic heterocycles. The molecule has 292 valence electrons. The van der Waals surface area contributed by atoms with E-state index < -0.39 is 10.4 Å². The van der Waals surface area contributed by atoms with Crippen molar-refractivity contribution in [2.75, 3.05) is 50.5 Å². The van der Waals surface area contributed by atoms with E-state index in [0.29, 0.717) is 23.6 Å². The van der Waals surface area contributed by atoms with Gasteiger partial charge in [-0.05, 0) is 74.0 Å². The number of aromatic nitrogens is 3. The second-order valence-electron chi connectivity index (χ2n) is 13.8. The fraction of sp³-hybridized carbons (Fsp3) is 0.463. The number of pyridine rings is 1. The van der Waals surface area contributed by atoms with Gasteiger partial charge in [-0.2, -0.15) is 8.42 Å². The van der Waals surface area contributed by atoms with Crippen LogP contribution in [0.5, 0.6) is 0 Å². The molecule has 12 nitrogen and oxygen atoms in total. The SMILES string of the molecule is CCCCCCCCCCCCOS(=O)(=O)O.Cc1ccc(NC(=O)c2ccc(CN3CCN(C)CC3)cc2)cc1Nc1nccc(-c2cccnc2)n1. The Morgan fingerprint density at radius 2 is 1.56 bits per heavy atom.